The van der Waals surface area contributed by atoms with E-state index in [-0.39, 0.29) is 39.6 Å². The van der Waals surface area contributed by atoms with E-state index in [0.29, 0.717) is 6.54 Å². The molecule has 3 aliphatic heterocycles. The number of thiocarbonyl (C=S) groups is 1. The molecule has 20 heteroatoms. The van der Waals surface area contributed by atoms with Gasteiger partial charge in [0.05, 0.1) is 0 Å². The van der Waals surface area contributed by atoms with Crippen molar-refractivity contribution < 1.29 is 34.2 Å². The number of nitrogen functional groups attached to an aromatic ring is 1. The second kappa shape index (κ2) is 12.5. The van der Waals surface area contributed by atoms with Crippen molar-refractivity contribution in [2.75, 3.05) is 18.0 Å². The van der Waals surface area contributed by atoms with Crippen LogP contribution in [0.4, 0.5) is 5.13 Å². The highest BCUT2D eigenvalue weighted by Crippen LogP contribution is 2.46. The number of carbonyl (C=O) groups is 4. The van der Waals surface area contributed by atoms with Gasteiger partial charge in [0.15, 0.2) is 10.7 Å². The summed E-state index contributed by atoms with van der Waals surface area (Å²) < 4.78 is 3.94. The first kappa shape index (κ1) is 32.8. The van der Waals surface area contributed by atoms with Gasteiger partial charge < -0.3 is 42.5 Å². The number of fused-ring (bicyclic) bond motifs is 1. The number of hydrogen-bond donors (Lipinski definition) is 6. The molecular weight excluding hydrogens is 637 g/mol. The number of amidine groups is 1. The molecule has 1 aromatic rings. The number of nitrogens with two attached hydrogens (primary N) is 3. The van der Waals surface area contributed by atoms with E-state index in [2.05, 4.69) is 24.8 Å². The third kappa shape index (κ3) is 5.84. The molecule has 2 amide bonds. The Bertz CT molecular complexity index is 1540. The minimum absolute atomic E-state index is 0.0196. The number of aliphatic imine (C=N–C) groups is 1. The molecule has 44 heavy (non-hydrogen) atoms. The van der Waals surface area contributed by atoms with E-state index >= 15 is 0 Å². The van der Waals surface area contributed by atoms with Crippen LogP contribution < -0.4 is 22.5 Å². The van der Waals surface area contributed by atoms with Crippen molar-refractivity contribution in [1.82, 2.24) is 24.5 Å². The fraction of sp³-hybridized carbons (Fsp3) is 0.458. The van der Waals surface area contributed by atoms with Crippen LogP contribution in [0.3, 0.4) is 0 Å². The van der Waals surface area contributed by atoms with E-state index in [9.17, 15) is 29.4 Å². The smallest absolute Gasteiger partial charge is 0.353 e. The molecule has 0 saturated carbocycles. The topological polar surface area (TPSA) is 265 Å². The average molecular weight is 667 g/mol. The number of nitrogens with one attached hydrogen (secondary N) is 1. The highest BCUT2D eigenvalue weighted by molar-refractivity contribution is 8.00. The molecule has 4 rings (SSSR count). The maximum absolute atomic E-state index is 13.8. The zero-order valence-electron chi connectivity index (χ0n) is 23.7. The summed E-state index contributed by atoms with van der Waals surface area (Å²) in [6.07, 6.45) is 2.47. The number of anilines is 1. The van der Waals surface area contributed by atoms with Gasteiger partial charge in [-0.15, -0.1) is 11.8 Å². The molecule has 1 saturated heterocycles. The largest absolute Gasteiger partial charge is 0.478 e. The first-order valence-corrected chi connectivity index (χ1v) is 15.4. The molecule has 0 radical (unpaired) electrons. The number of carbonyl (C=O) groups excluding carboxylic acids is 2. The molecule has 0 spiro atoms. The van der Waals surface area contributed by atoms with Gasteiger partial charge in [-0.25, -0.2) is 14.6 Å². The fourth-order valence-corrected chi connectivity index (χ4v) is 6.66. The van der Waals surface area contributed by atoms with E-state index in [1.807, 2.05) is 6.92 Å². The monoisotopic (exact) mass is 666 g/mol. The first-order chi connectivity index (χ1) is 20.7. The van der Waals surface area contributed by atoms with Crippen molar-refractivity contribution >= 4 is 81.3 Å². The number of aliphatic carboxylic acids is 2. The Morgan fingerprint density at radius 3 is 2.61 bits per heavy atom. The van der Waals surface area contributed by atoms with Gasteiger partial charge in [-0.05, 0) is 26.3 Å². The highest BCUT2D eigenvalue weighted by Gasteiger charge is 2.65. The number of oxime groups is 1. The lowest BCUT2D eigenvalue weighted by atomic mass is 9.87. The Kier molecular flexibility index (Phi) is 9.28. The van der Waals surface area contributed by atoms with E-state index in [4.69, 9.17) is 34.3 Å². The maximum Gasteiger partial charge on any atom is 0.353 e. The predicted molar refractivity (Wildman–Crippen MR) is 165 cm³/mol. The number of aromatic nitrogens is 2. The van der Waals surface area contributed by atoms with Gasteiger partial charge in [-0.3, -0.25) is 14.5 Å². The summed E-state index contributed by atoms with van der Waals surface area (Å²) in [5.41, 5.74) is 13.5. The van der Waals surface area contributed by atoms with Gasteiger partial charge in [0, 0.05) is 34.8 Å². The summed E-state index contributed by atoms with van der Waals surface area (Å²) in [7, 11) is 0. The van der Waals surface area contributed by atoms with Crippen LogP contribution in [0.5, 0.6) is 0 Å². The molecule has 0 aromatic carbocycles. The summed E-state index contributed by atoms with van der Waals surface area (Å²) in [6.45, 7) is 4.87. The SMILES string of the molecule is CCCCN1C(C2=C(C(=O)O)N3C(=O)C(C=S)(NC(=O)/C(=N\OC(C)(C)C(=O)O)c4nsc(N)n4)[C@@H]3SC2)=NC(N)=CC1N. The first-order valence-electron chi connectivity index (χ1n) is 13.1. The Hall–Kier alpha value is -4.14. The normalized spacial score (nSPS) is 23.7. The van der Waals surface area contributed by atoms with Crippen molar-refractivity contribution in [3.63, 3.8) is 0 Å². The average Bonchev–Trinajstić information content (AvgIpc) is 3.39. The van der Waals surface area contributed by atoms with Crippen LogP contribution in [-0.4, -0.2) is 105 Å². The third-order valence-corrected chi connectivity index (χ3v) is 9.07. The molecule has 17 nitrogen and oxygen atoms in total. The Morgan fingerprint density at radius 2 is 2.05 bits per heavy atom. The summed E-state index contributed by atoms with van der Waals surface area (Å²) in [4.78, 5) is 67.6. The molecule has 2 unspecified atom stereocenters. The second-order valence-corrected chi connectivity index (χ2v) is 12.4. The van der Waals surface area contributed by atoms with Crippen molar-refractivity contribution in [1.29, 1.82) is 0 Å². The Morgan fingerprint density at radius 1 is 1.34 bits per heavy atom. The van der Waals surface area contributed by atoms with Crippen LogP contribution in [-0.2, 0) is 24.0 Å². The minimum atomic E-state index is -1.86. The van der Waals surface area contributed by atoms with Crippen LogP contribution >= 0.6 is 35.5 Å². The van der Waals surface area contributed by atoms with Crippen LogP contribution in [0.2, 0.25) is 0 Å². The zero-order valence-corrected chi connectivity index (χ0v) is 26.2. The Labute approximate surface area is 264 Å². The van der Waals surface area contributed by atoms with Crippen molar-refractivity contribution in [3.8, 4) is 0 Å². The number of carboxylic acid groups (broad SMARTS) is 2. The summed E-state index contributed by atoms with van der Waals surface area (Å²) in [5.74, 6) is -4.55. The molecule has 1 fully saturated rings. The van der Waals surface area contributed by atoms with Crippen LogP contribution in [0, 0.1) is 0 Å². The van der Waals surface area contributed by atoms with Crippen LogP contribution in [0.15, 0.2) is 33.3 Å². The molecule has 0 bridgehead atoms. The van der Waals surface area contributed by atoms with Crippen molar-refractivity contribution in [2.45, 2.75) is 56.3 Å². The van der Waals surface area contributed by atoms with E-state index in [1.54, 1.807) is 11.0 Å². The molecule has 0 aliphatic carbocycles. The quantitative estimate of drug-likeness (QED) is 0.0705. The standard InChI is InChI=1S/C24H30N10O7S3/c1-4-5-6-33-12(26)7-11(25)28-16(33)10-8-43-20-24(9-42,19(38)34(20)14(10)18(36)37)30-17(35)13(15-29-22(27)44-32-15)31-41-23(2,3)21(39)40/h7,9,12,20H,4-6,8,25-26H2,1-3H3,(H,30,35)(H,36,37)(H,39,40)(H2,27,29,32)/b31-13-/t12?,20-,24?/m0/s1. The molecular formula is C24H30N10O7S3. The number of amides is 2. The van der Waals surface area contributed by atoms with Gasteiger partial charge in [-0.1, -0.05) is 30.7 Å². The third-order valence-electron chi connectivity index (χ3n) is 6.80. The fourth-order valence-electron chi connectivity index (χ4n) is 4.42. The zero-order chi connectivity index (χ0) is 32.6. The molecule has 236 valence electrons. The van der Waals surface area contributed by atoms with Crippen molar-refractivity contribution in [3.05, 3.63) is 29.0 Å². The van der Waals surface area contributed by atoms with Crippen LogP contribution in [0.25, 0.3) is 0 Å². The second-order valence-electron chi connectivity index (χ2n) is 10.3. The number of carboxylic acids is 2. The van der Waals surface area contributed by atoms with E-state index < -0.39 is 52.1 Å². The highest BCUT2D eigenvalue weighted by atomic mass is 32.2. The number of rotatable bonds is 12. The van der Waals surface area contributed by atoms with Crippen LogP contribution in [0.1, 0.15) is 39.4 Å². The molecule has 1 aromatic heterocycles. The molecule has 9 N–H and O–H groups in total. The Balaban J connectivity index is 1.70. The summed E-state index contributed by atoms with van der Waals surface area (Å²) >= 11 is 7.07. The number of hydrogen-bond acceptors (Lipinski definition) is 16. The maximum atomic E-state index is 13.8. The number of nitrogens with zero attached hydrogens (tertiary/aromatic N) is 6. The number of β-lactam (4-membered cyclic amide) rings is 1. The molecule has 3 aliphatic rings. The van der Waals surface area contributed by atoms with E-state index in [0.717, 1.165) is 46.4 Å². The minimum Gasteiger partial charge on any atom is -0.478 e. The van der Waals surface area contributed by atoms with E-state index in [1.165, 1.54) is 13.8 Å². The lowest BCUT2D eigenvalue weighted by Gasteiger charge is -2.55. The summed E-state index contributed by atoms with van der Waals surface area (Å²) in [6, 6.07) is 0. The summed E-state index contributed by atoms with van der Waals surface area (Å²) in [5, 5.41) is 25.9. The number of unbranched alkanes of at least 4 members (excludes halogenated alkanes) is 1. The molecule has 4 heterocycles. The van der Waals surface area contributed by atoms with Gasteiger partial charge in [0.25, 0.3) is 11.8 Å². The predicted octanol–water partition coefficient (Wildman–Crippen LogP) is -0.588. The van der Waals surface area contributed by atoms with Gasteiger partial charge in [-0.2, -0.15) is 9.36 Å². The number of thioether (sulfide) groups is 1. The molecule has 3 atom stereocenters. The van der Waals surface area contributed by atoms with Gasteiger partial charge in [0.2, 0.25) is 17.1 Å². The lowest BCUT2D eigenvalue weighted by Crippen LogP contribution is -2.81. The van der Waals surface area contributed by atoms with Crippen molar-refractivity contribution in [2.24, 2.45) is 21.6 Å². The van der Waals surface area contributed by atoms with Gasteiger partial charge >= 0.3 is 11.9 Å². The lowest BCUT2D eigenvalue weighted by molar-refractivity contribution is -0.161. The van der Waals surface area contributed by atoms with Gasteiger partial charge in [0.1, 0.15) is 28.9 Å².